The molecule has 1 aliphatic heterocycles. The van der Waals surface area contributed by atoms with Crippen molar-refractivity contribution in [1.82, 2.24) is 0 Å². The van der Waals surface area contributed by atoms with Gasteiger partial charge in [0, 0.05) is 0 Å². The van der Waals surface area contributed by atoms with Gasteiger partial charge in [0.05, 0.1) is 6.61 Å². The molecule has 19 heteroatoms. The molecule has 0 bridgehead atoms. The number of carboxylic acid groups (broad SMARTS) is 1. The van der Waals surface area contributed by atoms with Crippen molar-refractivity contribution < 1.29 is 78.9 Å². The first kappa shape index (κ1) is 25.5. The second-order valence-corrected chi connectivity index (χ2v) is 7.88. The van der Waals surface area contributed by atoms with E-state index in [9.17, 15) is 46.9 Å². The predicted molar refractivity (Wildman–Crippen MR) is 89.5 cm³/mol. The lowest BCUT2D eigenvalue weighted by molar-refractivity contribution is -0.255. The number of aliphatic carboxylic acids is 1. The molecule has 0 aromatic carbocycles. The van der Waals surface area contributed by atoms with E-state index in [0.29, 0.717) is 6.08 Å². The Morgan fingerprint density at radius 3 is 2.35 bits per heavy atom. The average molecular weight is 499 g/mol. The monoisotopic (exact) mass is 499 g/mol. The third-order valence-corrected chi connectivity index (χ3v) is 4.38. The maximum absolute atomic E-state index is 11.1. The summed E-state index contributed by atoms with van der Waals surface area (Å²) in [6.07, 6.45) is -15.9. The van der Waals surface area contributed by atoms with Gasteiger partial charge < -0.3 is 39.8 Å². The van der Waals surface area contributed by atoms with Gasteiger partial charge in [0.2, 0.25) is 13.5 Å². The summed E-state index contributed by atoms with van der Waals surface area (Å²) in [4.78, 5) is 21.9. The zero-order chi connectivity index (χ0) is 24.9. The SMILES string of the molecule is [2H]OS(=O)(=O)OC[C@@H](O)[C@@H](O[C@@H]1OC(C(=O)O)=C[C@H](O)[C@H]1OS(=O)(=O)O)[C@H](O)[C@@H](O)C=O. The Kier molecular flexibility index (Phi) is 8.79. The Morgan fingerprint density at radius 2 is 1.87 bits per heavy atom. The normalized spacial score (nSPS) is 26.5. The van der Waals surface area contributed by atoms with Crippen molar-refractivity contribution in [3.05, 3.63) is 11.8 Å². The largest absolute Gasteiger partial charge is 0.475 e. The molecule has 17 nitrogen and oxygen atoms in total. The maximum atomic E-state index is 11.1. The second kappa shape index (κ2) is 10.7. The highest BCUT2D eigenvalue weighted by Crippen LogP contribution is 2.26. The molecule has 0 amide bonds. The van der Waals surface area contributed by atoms with E-state index in [2.05, 4.69) is 12.9 Å². The molecule has 1 aliphatic rings. The van der Waals surface area contributed by atoms with Crippen LogP contribution in [0.15, 0.2) is 11.8 Å². The highest BCUT2D eigenvalue weighted by atomic mass is 32.3. The van der Waals surface area contributed by atoms with Crippen molar-refractivity contribution in [2.45, 2.75) is 42.9 Å². The molecule has 0 radical (unpaired) electrons. The number of carbonyl (C=O) groups is 2. The third-order valence-electron chi connectivity index (χ3n) is 3.49. The molecule has 31 heavy (non-hydrogen) atoms. The van der Waals surface area contributed by atoms with Gasteiger partial charge in [-0.3, -0.25) is 9.11 Å². The minimum Gasteiger partial charge on any atom is -0.475 e. The smallest absolute Gasteiger partial charge is 0.397 e. The Balaban J connectivity index is 3.27. The number of hydrogen-bond donors (Lipinski definition) is 7. The van der Waals surface area contributed by atoms with E-state index in [1.165, 1.54) is 0 Å². The number of hydrogen-bond acceptors (Lipinski definition) is 15. The third kappa shape index (κ3) is 8.70. The molecule has 7 atom stereocenters. The van der Waals surface area contributed by atoms with E-state index in [1.54, 1.807) is 0 Å². The highest BCUT2D eigenvalue weighted by Gasteiger charge is 2.45. The van der Waals surface area contributed by atoms with Crippen molar-refractivity contribution in [3.8, 4) is 0 Å². The Morgan fingerprint density at radius 1 is 1.26 bits per heavy atom. The standard InChI is InChI=1S/C12H18O17S2/c13-2-5(15)8(17)9(6(16)3-26-30(20,21)22)28-12-10(29-31(23,24)25)4(14)1-7(27-12)11(18)19/h1-2,4-6,8-10,12,14-17H,3H2,(H,18,19)(H,20,21,22)(H,23,24,25)/t4-,5-,6+,8+,9+,10+,12-/m0/s1/i/hD. The summed E-state index contributed by atoms with van der Waals surface area (Å²) in [6.45, 7) is -1.34. The quantitative estimate of drug-likeness (QED) is 0.0925. The van der Waals surface area contributed by atoms with E-state index in [-0.39, 0.29) is 6.29 Å². The maximum Gasteiger partial charge on any atom is 0.397 e. The summed E-state index contributed by atoms with van der Waals surface area (Å²) in [5.74, 6) is -2.85. The van der Waals surface area contributed by atoms with Crippen molar-refractivity contribution in [3.63, 3.8) is 0 Å². The van der Waals surface area contributed by atoms with Crippen LogP contribution < -0.4 is 0 Å². The minimum absolute atomic E-state index is 0.246. The molecule has 0 aromatic rings. The van der Waals surface area contributed by atoms with Crippen LogP contribution in [0.5, 0.6) is 0 Å². The first-order valence-corrected chi connectivity index (χ1v) is 10.5. The lowest BCUT2D eigenvalue weighted by atomic mass is 10.0. The van der Waals surface area contributed by atoms with Gasteiger partial charge in [0.1, 0.15) is 30.5 Å². The number of carboxylic acids is 1. The number of ether oxygens (including phenoxy) is 2. The number of aldehydes is 1. The van der Waals surface area contributed by atoms with E-state index in [1.807, 2.05) is 0 Å². The van der Waals surface area contributed by atoms with Gasteiger partial charge in [0.25, 0.3) is 0 Å². The molecule has 0 saturated heterocycles. The van der Waals surface area contributed by atoms with Gasteiger partial charge in [-0.25, -0.2) is 13.2 Å². The Hall–Kier alpha value is -1.78. The lowest BCUT2D eigenvalue weighted by Crippen LogP contribution is -2.55. The van der Waals surface area contributed by atoms with E-state index < -0.39 is 82.0 Å². The fourth-order valence-corrected chi connectivity index (χ4v) is 2.98. The van der Waals surface area contributed by atoms with Gasteiger partial charge >= 0.3 is 26.8 Å². The first-order chi connectivity index (χ1) is 14.6. The number of aliphatic hydroxyl groups excluding tert-OH is 4. The van der Waals surface area contributed by atoms with E-state index in [0.717, 1.165) is 0 Å². The average Bonchev–Trinajstić information content (AvgIpc) is 2.70. The summed E-state index contributed by atoms with van der Waals surface area (Å²) in [6, 6.07) is 0. The van der Waals surface area contributed by atoms with Crippen LogP contribution in [0.1, 0.15) is 0 Å². The fourth-order valence-electron chi connectivity index (χ4n) is 2.19. The summed E-state index contributed by atoms with van der Waals surface area (Å²) >= 11 is 0. The molecular formula is C12H18O17S2. The van der Waals surface area contributed by atoms with Gasteiger partial charge in [0.15, 0.2) is 12.4 Å². The summed E-state index contributed by atoms with van der Waals surface area (Å²) in [7, 11) is -10.3. The molecule has 0 aromatic heterocycles. The summed E-state index contributed by atoms with van der Waals surface area (Å²) in [5, 5.41) is 48.6. The van der Waals surface area contributed by atoms with Gasteiger partial charge in [-0.1, -0.05) is 0 Å². The van der Waals surface area contributed by atoms with Gasteiger partial charge in [-0.2, -0.15) is 16.8 Å². The van der Waals surface area contributed by atoms with Crippen LogP contribution in [0.25, 0.3) is 1.43 Å². The summed E-state index contributed by atoms with van der Waals surface area (Å²) in [5.41, 5.74) is 0. The lowest BCUT2D eigenvalue weighted by Gasteiger charge is -2.37. The Bertz CT molecular complexity index is 900. The molecule has 1 rings (SSSR count). The van der Waals surface area contributed by atoms with E-state index in [4.69, 9.17) is 20.6 Å². The minimum atomic E-state index is -5.33. The van der Waals surface area contributed by atoms with Crippen molar-refractivity contribution in [1.29, 1.82) is 1.43 Å². The molecule has 180 valence electrons. The van der Waals surface area contributed by atoms with E-state index >= 15 is 0 Å². The molecule has 0 fully saturated rings. The van der Waals surface area contributed by atoms with Crippen LogP contribution in [0.3, 0.4) is 0 Å². The molecule has 0 spiro atoms. The van der Waals surface area contributed by atoms with Crippen molar-refractivity contribution in [2.24, 2.45) is 0 Å². The van der Waals surface area contributed by atoms with Crippen LogP contribution in [0.2, 0.25) is 0 Å². The number of aliphatic hydroxyl groups is 4. The second-order valence-electron chi connectivity index (χ2n) is 5.78. The molecule has 1 heterocycles. The van der Waals surface area contributed by atoms with Crippen LogP contribution in [-0.4, -0.2) is 113 Å². The van der Waals surface area contributed by atoms with Crippen LogP contribution in [-0.2, 0) is 48.2 Å². The van der Waals surface area contributed by atoms with Gasteiger partial charge in [-0.15, -0.1) is 0 Å². The first-order valence-electron chi connectivity index (χ1n) is 8.17. The van der Waals surface area contributed by atoms with Crippen molar-refractivity contribution in [2.75, 3.05) is 6.61 Å². The molecule has 7 N–H and O–H groups in total. The fraction of sp³-hybridized carbons (Fsp3) is 0.667. The topological polar surface area (TPSA) is 281 Å². The molecule has 0 unspecified atom stereocenters. The summed E-state index contributed by atoms with van der Waals surface area (Å²) < 4.78 is 80.4. The molecule has 0 aliphatic carbocycles. The van der Waals surface area contributed by atoms with Gasteiger partial charge in [-0.05, 0) is 6.08 Å². The zero-order valence-electron chi connectivity index (χ0n) is 15.9. The van der Waals surface area contributed by atoms with Crippen LogP contribution in [0.4, 0.5) is 0 Å². The predicted octanol–water partition coefficient (Wildman–Crippen LogP) is -4.65. The molecular weight excluding hydrogens is 480 g/mol. The number of carbonyl (C=O) groups excluding carboxylic acids is 1. The number of rotatable bonds is 13. The van der Waals surface area contributed by atoms with Crippen molar-refractivity contribution >= 4 is 33.1 Å². The highest BCUT2D eigenvalue weighted by molar-refractivity contribution is 7.81. The zero-order valence-corrected chi connectivity index (χ0v) is 16.5. The van der Waals surface area contributed by atoms with Crippen LogP contribution in [0, 0.1) is 0 Å². The molecule has 0 saturated carbocycles. The van der Waals surface area contributed by atoms with Crippen LogP contribution >= 0.6 is 0 Å². The Labute approximate surface area is 175 Å².